The lowest BCUT2D eigenvalue weighted by atomic mass is 9.82. The number of aliphatic imine (C=N–C) groups is 2. The smallest absolute Gasteiger partial charge is 0.304 e. The highest BCUT2D eigenvalue weighted by atomic mass is 35.5. The molecule has 0 radical (unpaired) electrons. The Morgan fingerprint density at radius 3 is 2.59 bits per heavy atom. The number of anilines is 1. The first-order chi connectivity index (χ1) is 13.9. The van der Waals surface area contributed by atoms with Crippen LogP contribution in [0, 0.1) is 12.8 Å². The van der Waals surface area contributed by atoms with Gasteiger partial charge in [0.2, 0.25) is 0 Å². The number of nitrogen functional groups attached to an aromatic ring is 1. The lowest BCUT2D eigenvalue weighted by Gasteiger charge is -2.28. The monoisotopic (exact) mass is 428 g/mol. The van der Waals surface area contributed by atoms with Crippen LogP contribution < -0.4 is 5.73 Å². The van der Waals surface area contributed by atoms with Gasteiger partial charge in [-0.1, -0.05) is 36.7 Å². The number of aromatic nitrogens is 1. The number of aryl methyl sites for hydroxylation is 1. The fourth-order valence-electron chi connectivity index (χ4n) is 3.29. The Morgan fingerprint density at radius 1 is 1.21 bits per heavy atom. The van der Waals surface area contributed by atoms with E-state index >= 15 is 0 Å². The highest BCUT2D eigenvalue weighted by Crippen LogP contribution is 2.34. The van der Waals surface area contributed by atoms with Crippen molar-refractivity contribution in [3.8, 4) is 0 Å². The van der Waals surface area contributed by atoms with Crippen molar-refractivity contribution in [2.24, 2.45) is 15.9 Å². The lowest BCUT2D eigenvalue weighted by molar-refractivity contribution is 0.537. The molecule has 0 fully saturated rings. The second-order valence-corrected chi connectivity index (χ2v) is 7.65. The second kappa shape index (κ2) is 9.37. The zero-order valence-corrected chi connectivity index (χ0v) is 17.8. The maximum absolute atomic E-state index is 13.3. The summed E-state index contributed by atoms with van der Waals surface area (Å²) in [6.45, 7) is 4.01. The first-order valence-electron chi connectivity index (χ1n) is 9.26. The minimum Gasteiger partial charge on any atom is -0.384 e. The Morgan fingerprint density at radius 2 is 1.97 bits per heavy atom. The molecule has 0 spiro atoms. The van der Waals surface area contributed by atoms with E-state index < -0.39 is 6.09 Å². The number of benzene rings is 1. The third kappa shape index (κ3) is 5.14. The Labute approximate surface area is 180 Å². The van der Waals surface area contributed by atoms with Crippen molar-refractivity contribution in [2.45, 2.75) is 31.2 Å². The molecule has 0 saturated carbocycles. The van der Waals surface area contributed by atoms with Gasteiger partial charge in [-0.05, 0) is 54.8 Å². The number of fused-ring (bicyclic) bond motifs is 1. The normalized spacial score (nSPS) is 20.0. The largest absolute Gasteiger partial charge is 0.384 e. The standard InChI is InChI=1S/C16H17FN4.C6H5ClS/c1-3-10-6-11(13-4-5-14(18)20-9(13)2)7-12-8-19-16(17)21-15(10)12;7-5-3-1-2-4-6(5)8/h4-8,10,15H,3H2,1-2H3,(H2,18,20);1-4,8H. The summed E-state index contributed by atoms with van der Waals surface area (Å²) < 4.78 is 13.3. The van der Waals surface area contributed by atoms with Gasteiger partial charge in [0.15, 0.2) is 0 Å². The summed E-state index contributed by atoms with van der Waals surface area (Å²) in [5.74, 6) is 0.672. The molecule has 2 heterocycles. The highest BCUT2D eigenvalue weighted by molar-refractivity contribution is 7.80. The molecule has 2 aliphatic rings. The molecule has 29 heavy (non-hydrogen) atoms. The van der Waals surface area contributed by atoms with Crippen LogP contribution >= 0.6 is 24.2 Å². The van der Waals surface area contributed by atoms with Crippen molar-refractivity contribution in [1.82, 2.24) is 4.98 Å². The maximum Gasteiger partial charge on any atom is 0.304 e. The first-order valence-corrected chi connectivity index (χ1v) is 10.1. The molecule has 2 N–H and O–H groups in total. The van der Waals surface area contributed by atoms with E-state index in [1.807, 2.05) is 43.3 Å². The maximum atomic E-state index is 13.3. The molecule has 7 heteroatoms. The van der Waals surface area contributed by atoms with Crippen molar-refractivity contribution in [2.75, 3.05) is 5.73 Å². The summed E-state index contributed by atoms with van der Waals surface area (Å²) in [7, 11) is 0. The Balaban J connectivity index is 0.000000252. The molecular weight excluding hydrogens is 407 g/mol. The minimum absolute atomic E-state index is 0.162. The molecule has 4 rings (SSSR count). The van der Waals surface area contributed by atoms with Gasteiger partial charge in [-0.3, -0.25) is 0 Å². The quantitative estimate of drug-likeness (QED) is 0.474. The number of thiol groups is 1. The molecule has 2 aromatic rings. The highest BCUT2D eigenvalue weighted by Gasteiger charge is 2.28. The molecule has 0 saturated heterocycles. The predicted octanol–water partition coefficient (Wildman–Crippen LogP) is 5.73. The minimum atomic E-state index is -0.641. The van der Waals surface area contributed by atoms with Gasteiger partial charge in [-0.15, -0.1) is 12.6 Å². The van der Waals surface area contributed by atoms with Crippen molar-refractivity contribution >= 4 is 47.9 Å². The van der Waals surface area contributed by atoms with Crippen molar-refractivity contribution in [1.29, 1.82) is 0 Å². The molecule has 150 valence electrons. The van der Waals surface area contributed by atoms with Crippen LogP contribution in [0.2, 0.25) is 5.02 Å². The van der Waals surface area contributed by atoms with Gasteiger partial charge in [0.05, 0.1) is 11.1 Å². The molecule has 2 atom stereocenters. The molecule has 0 bridgehead atoms. The zero-order valence-electron chi connectivity index (χ0n) is 16.2. The van der Waals surface area contributed by atoms with E-state index in [4.69, 9.17) is 17.3 Å². The van der Waals surface area contributed by atoms with Crippen molar-refractivity contribution in [3.05, 3.63) is 70.4 Å². The van der Waals surface area contributed by atoms with Gasteiger partial charge in [0.25, 0.3) is 0 Å². The first kappa shape index (κ1) is 21.3. The van der Waals surface area contributed by atoms with E-state index in [2.05, 4.69) is 40.6 Å². The molecule has 1 aliphatic carbocycles. The number of rotatable bonds is 2. The third-order valence-electron chi connectivity index (χ3n) is 4.77. The van der Waals surface area contributed by atoms with Crippen LogP contribution in [0.25, 0.3) is 5.57 Å². The second-order valence-electron chi connectivity index (χ2n) is 6.76. The van der Waals surface area contributed by atoms with Crippen LogP contribution in [0.1, 0.15) is 24.6 Å². The summed E-state index contributed by atoms with van der Waals surface area (Å²) in [6.07, 6.45) is 5.97. The van der Waals surface area contributed by atoms with E-state index in [0.29, 0.717) is 10.8 Å². The molecular formula is C22H22ClFN4S. The summed E-state index contributed by atoms with van der Waals surface area (Å²) in [5.41, 5.74) is 9.64. The number of hydrogen-bond acceptors (Lipinski definition) is 5. The van der Waals surface area contributed by atoms with E-state index in [1.54, 1.807) is 12.3 Å². The number of allylic oxidation sites excluding steroid dienone is 2. The lowest BCUT2D eigenvalue weighted by Crippen LogP contribution is -2.26. The summed E-state index contributed by atoms with van der Waals surface area (Å²) in [5, 5.41) is 0.704. The van der Waals surface area contributed by atoms with Crippen LogP contribution in [0.3, 0.4) is 0 Å². The van der Waals surface area contributed by atoms with E-state index in [-0.39, 0.29) is 12.0 Å². The molecule has 4 nitrogen and oxygen atoms in total. The topological polar surface area (TPSA) is 63.6 Å². The predicted molar refractivity (Wildman–Crippen MR) is 123 cm³/mol. The number of nitrogens with two attached hydrogens (primary N) is 1. The van der Waals surface area contributed by atoms with Gasteiger partial charge in [-0.2, -0.15) is 4.39 Å². The fraction of sp³-hybridized carbons (Fsp3) is 0.227. The fourth-order valence-corrected chi connectivity index (χ4v) is 3.58. The van der Waals surface area contributed by atoms with Crippen LogP contribution in [0.5, 0.6) is 0 Å². The van der Waals surface area contributed by atoms with Gasteiger partial charge >= 0.3 is 6.09 Å². The van der Waals surface area contributed by atoms with Gasteiger partial charge in [0, 0.05) is 28.3 Å². The third-order valence-corrected chi connectivity index (χ3v) is 5.62. The zero-order chi connectivity index (χ0) is 21.0. The van der Waals surface area contributed by atoms with Gasteiger partial charge in [-0.25, -0.2) is 15.0 Å². The Kier molecular flexibility index (Phi) is 6.87. The Hall–Kier alpha value is -2.44. The number of halogens is 2. The molecule has 0 amide bonds. The van der Waals surface area contributed by atoms with Gasteiger partial charge in [0.1, 0.15) is 5.82 Å². The summed E-state index contributed by atoms with van der Waals surface area (Å²) >= 11 is 9.70. The average Bonchev–Trinajstić information content (AvgIpc) is 2.70. The number of hydrogen-bond donors (Lipinski definition) is 2. The SMILES string of the molecule is CCC1C=C(c2ccc(N)nc2C)C=C2C=NC(F)=NC21.Sc1ccccc1Cl. The van der Waals surface area contributed by atoms with E-state index in [1.165, 1.54) is 0 Å². The van der Waals surface area contributed by atoms with Crippen LogP contribution in [-0.2, 0) is 0 Å². The van der Waals surface area contributed by atoms with Crippen molar-refractivity contribution < 1.29 is 4.39 Å². The van der Waals surface area contributed by atoms with Crippen LogP contribution in [0.15, 0.2) is 69.0 Å². The Bertz CT molecular complexity index is 1010. The van der Waals surface area contributed by atoms with E-state index in [0.717, 1.165) is 33.7 Å². The van der Waals surface area contributed by atoms with Crippen LogP contribution in [-0.4, -0.2) is 23.3 Å². The van der Waals surface area contributed by atoms with E-state index in [9.17, 15) is 4.39 Å². The summed E-state index contributed by atoms with van der Waals surface area (Å²) in [4.78, 5) is 12.8. The van der Waals surface area contributed by atoms with Gasteiger partial charge < -0.3 is 5.73 Å². The number of nitrogens with zero attached hydrogens (tertiary/aromatic N) is 3. The summed E-state index contributed by atoms with van der Waals surface area (Å²) in [6, 6.07) is 11.0. The number of pyridine rings is 1. The van der Waals surface area contributed by atoms with Crippen LogP contribution in [0.4, 0.5) is 10.2 Å². The molecule has 1 aliphatic heterocycles. The van der Waals surface area contributed by atoms with Crippen molar-refractivity contribution in [3.63, 3.8) is 0 Å². The molecule has 2 unspecified atom stereocenters. The molecule has 1 aromatic carbocycles. The molecule has 1 aromatic heterocycles. The number of amidine groups is 1. The average molecular weight is 429 g/mol.